The molecule has 4 fully saturated rings. The van der Waals surface area contributed by atoms with Crippen LogP contribution in [0.25, 0.3) is 33.6 Å². The van der Waals surface area contributed by atoms with Crippen LogP contribution in [0.4, 0.5) is 17.6 Å². The number of rotatable bonds is 13. The van der Waals surface area contributed by atoms with Crippen molar-refractivity contribution in [2.75, 3.05) is 44.3 Å². The van der Waals surface area contributed by atoms with Crippen LogP contribution in [0.2, 0.25) is 25.7 Å². The van der Waals surface area contributed by atoms with Crippen molar-refractivity contribution < 1.29 is 39.1 Å². The van der Waals surface area contributed by atoms with Crippen LogP contribution >= 0.6 is 0 Å². The maximum absolute atomic E-state index is 13.2. The van der Waals surface area contributed by atoms with Gasteiger partial charge in [0.25, 0.3) is 11.8 Å². The summed E-state index contributed by atoms with van der Waals surface area (Å²) >= 11 is 0. The number of imidazole rings is 2. The smallest absolute Gasteiger partial charge is 0.275 e. The molecular weight excluding hydrogens is 893 g/mol. The molecule has 10 rings (SSSR count). The van der Waals surface area contributed by atoms with Crippen molar-refractivity contribution in [1.82, 2.24) is 46.9 Å². The highest BCUT2D eigenvalue weighted by atomic mass is 32.2. The van der Waals surface area contributed by atoms with Gasteiger partial charge in [-0.2, -0.15) is 8.61 Å². The molecule has 0 bridgehead atoms. The van der Waals surface area contributed by atoms with Crippen LogP contribution in [0.1, 0.15) is 62.8 Å². The lowest BCUT2D eigenvalue weighted by atomic mass is 9.95. The summed E-state index contributed by atoms with van der Waals surface area (Å²) in [7, 11) is -8.49. The zero-order valence-electron chi connectivity index (χ0n) is 36.7. The van der Waals surface area contributed by atoms with Gasteiger partial charge in [-0.3, -0.25) is 8.80 Å². The fourth-order valence-corrected chi connectivity index (χ4v) is 14.7. The quantitative estimate of drug-likeness (QED) is 0.0728. The summed E-state index contributed by atoms with van der Waals surface area (Å²) in [6, 6.07) is 5.08. The molecule has 0 spiro atoms. The van der Waals surface area contributed by atoms with E-state index in [-0.39, 0.29) is 47.0 Å². The summed E-state index contributed by atoms with van der Waals surface area (Å²) in [6.45, 7) is 9.62. The van der Waals surface area contributed by atoms with Crippen LogP contribution in [0, 0.1) is 23.7 Å². The predicted octanol–water partition coefficient (Wildman–Crippen LogP) is 7.03. The second-order valence-electron chi connectivity index (χ2n) is 20.0. The Morgan fingerprint density at radius 2 is 1.23 bits per heavy atom. The first-order chi connectivity index (χ1) is 30.1. The molecule has 6 aromatic rings. The Bertz CT molecular complexity index is 2900. The van der Waals surface area contributed by atoms with Gasteiger partial charge in [-0.15, -0.1) is 0 Å². The van der Waals surface area contributed by atoms with Gasteiger partial charge in [-0.1, -0.05) is 33.5 Å². The standard InChI is InChI=1S/C24H35F2N5O3SSi.C18H21F2N5O2S/c1-17-9-18(13-35(32,33)30-14-24(25,26)15-30)10-19(17)21-11-27-22-12-28-23-20(31(21)22)5-6-29(23)16-34-7-8-36(2,3)4;1-11-4-12(8-28(26,27)24-9-18(19,20)10-24)5-13(11)15-6-22-16-7-23-17-14(25(15)16)2-3-21-17/h5-6,11-12,17-19H,7-10,13-16H2,1-4H3;2-3,6-7,11-13,21H,4-5,8-10H2,1H3/t;11-,12+,13+/m.1/s1. The first kappa shape index (κ1) is 45.2. The monoisotopic (exact) mass is 948 g/mol. The van der Waals surface area contributed by atoms with Crippen LogP contribution in [0.5, 0.6) is 0 Å². The van der Waals surface area contributed by atoms with E-state index in [1.807, 2.05) is 41.5 Å². The van der Waals surface area contributed by atoms with Gasteiger partial charge in [0, 0.05) is 62.7 Å². The van der Waals surface area contributed by atoms with Gasteiger partial charge in [0.1, 0.15) is 6.73 Å². The summed E-state index contributed by atoms with van der Waals surface area (Å²) in [5, 5.41) is 0. The third-order valence-electron chi connectivity index (χ3n) is 13.6. The van der Waals surface area contributed by atoms with E-state index in [0.717, 1.165) is 79.1 Å². The molecule has 2 saturated carbocycles. The number of ether oxygens (including phenoxy) is 1. The third kappa shape index (κ3) is 8.98. The van der Waals surface area contributed by atoms with Crippen LogP contribution < -0.4 is 0 Å². The molecule has 8 heterocycles. The molecule has 1 N–H and O–H groups in total. The zero-order chi connectivity index (χ0) is 45.6. The summed E-state index contributed by atoms with van der Waals surface area (Å²) in [5.41, 5.74) is 7.07. The fraction of sp³-hybridized carbons (Fsp3) is 0.619. The first-order valence-corrected chi connectivity index (χ1v) is 28.9. The van der Waals surface area contributed by atoms with E-state index in [9.17, 15) is 34.4 Å². The summed E-state index contributed by atoms with van der Waals surface area (Å²) < 4.78 is 117. The van der Waals surface area contributed by atoms with E-state index in [2.05, 4.69) is 67.2 Å². The number of aromatic nitrogens is 8. The lowest BCUT2D eigenvalue weighted by Gasteiger charge is -2.38. The number of nitrogens with one attached hydrogen (secondary N) is 1. The summed E-state index contributed by atoms with van der Waals surface area (Å²) in [6.07, 6.45) is 13.9. The average molecular weight is 949 g/mol. The number of fused-ring (bicyclic) bond motifs is 6. The number of hydrogen-bond acceptors (Lipinski definition) is 9. The van der Waals surface area contributed by atoms with E-state index in [1.165, 1.54) is 0 Å². The molecule has 22 heteroatoms. The predicted molar refractivity (Wildman–Crippen MR) is 237 cm³/mol. The van der Waals surface area contributed by atoms with Crippen molar-refractivity contribution in [1.29, 1.82) is 0 Å². The van der Waals surface area contributed by atoms with Gasteiger partial charge in [0.2, 0.25) is 20.0 Å². The molecule has 4 aliphatic rings. The fourth-order valence-electron chi connectivity index (χ4n) is 10.3. The molecule has 15 nitrogen and oxygen atoms in total. The Kier molecular flexibility index (Phi) is 11.6. The number of aromatic amines is 1. The van der Waals surface area contributed by atoms with Gasteiger partial charge in [0.15, 0.2) is 22.6 Å². The van der Waals surface area contributed by atoms with Crippen LogP contribution in [0.15, 0.2) is 49.3 Å². The molecule has 0 amide bonds. The Morgan fingerprint density at radius 3 is 1.75 bits per heavy atom. The minimum Gasteiger partial charge on any atom is -0.361 e. The van der Waals surface area contributed by atoms with E-state index in [0.29, 0.717) is 19.6 Å². The van der Waals surface area contributed by atoms with Crippen LogP contribution in [-0.4, -0.2) is 128 Å². The van der Waals surface area contributed by atoms with Gasteiger partial charge < -0.3 is 14.3 Å². The van der Waals surface area contributed by atoms with Crippen molar-refractivity contribution in [3.63, 3.8) is 0 Å². The molecule has 6 aromatic heterocycles. The second kappa shape index (κ2) is 16.4. The third-order valence-corrected chi connectivity index (χ3v) is 19.2. The zero-order valence-corrected chi connectivity index (χ0v) is 39.3. The van der Waals surface area contributed by atoms with Crippen molar-refractivity contribution >= 4 is 61.7 Å². The van der Waals surface area contributed by atoms with Crippen LogP contribution in [-0.2, 0) is 31.5 Å². The molecule has 348 valence electrons. The van der Waals surface area contributed by atoms with Gasteiger partial charge in [-0.05, 0) is 67.5 Å². The van der Waals surface area contributed by atoms with Crippen molar-refractivity contribution in [2.24, 2.45) is 23.7 Å². The molecule has 3 unspecified atom stereocenters. The largest absolute Gasteiger partial charge is 0.361 e. The Hall–Kier alpha value is -3.96. The highest BCUT2D eigenvalue weighted by Crippen LogP contribution is 2.46. The van der Waals surface area contributed by atoms with E-state index >= 15 is 0 Å². The molecular formula is C42H56F4N10O5S2Si. The maximum Gasteiger partial charge on any atom is 0.275 e. The van der Waals surface area contributed by atoms with Gasteiger partial charge in [-0.25, -0.2) is 54.3 Å². The van der Waals surface area contributed by atoms with Crippen molar-refractivity contribution in [2.45, 2.75) is 95.6 Å². The summed E-state index contributed by atoms with van der Waals surface area (Å²) in [5.74, 6) is -5.24. The molecule has 2 aliphatic carbocycles. The second-order valence-corrected chi connectivity index (χ2v) is 29.6. The molecule has 2 aliphatic heterocycles. The lowest BCUT2D eigenvalue weighted by Crippen LogP contribution is -2.59. The van der Waals surface area contributed by atoms with Crippen molar-refractivity contribution in [3.8, 4) is 0 Å². The minimum atomic E-state index is -3.68. The minimum absolute atomic E-state index is 0.0478. The van der Waals surface area contributed by atoms with Gasteiger partial charge >= 0.3 is 0 Å². The number of sulfonamides is 2. The number of hydrogen-bond donors (Lipinski definition) is 1. The molecule has 2 saturated heterocycles. The molecule has 0 radical (unpaired) electrons. The van der Waals surface area contributed by atoms with Crippen molar-refractivity contribution in [3.05, 3.63) is 60.7 Å². The lowest BCUT2D eigenvalue weighted by molar-refractivity contribution is -0.0949. The Balaban J connectivity index is 0.000000167. The van der Waals surface area contributed by atoms with E-state index in [4.69, 9.17) is 4.74 Å². The Morgan fingerprint density at radius 1 is 0.719 bits per heavy atom. The first-order valence-electron chi connectivity index (χ1n) is 22.0. The molecule has 6 atom stereocenters. The average Bonchev–Trinajstić information content (AvgIpc) is 4.04. The van der Waals surface area contributed by atoms with Gasteiger partial charge in [0.05, 0.1) is 61.1 Å². The Labute approximate surface area is 370 Å². The SMILES string of the molecule is CC1CC(CS(=O)(=O)N2CC(F)(F)C2)CC1c1cnc2cnc3c(ccn3COCC[Si](C)(C)C)n12.C[C@@H]1C[C@H](CS(=O)(=O)N2CC(F)(F)C2)C[C@@H]1c1cnc2cnc3[nH]ccc3n12. The highest BCUT2D eigenvalue weighted by molar-refractivity contribution is 7.89. The maximum atomic E-state index is 13.2. The summed E-state index contributed by atoms with van der Waals surface area (Å²) in [4.78, 5) is 21.1. The number of nitrogens with zero attached hydrogens (tertiary/aromatic N) is 9. The normalized spacial score (nSPS) is 26.5. The highest BCUT2D eigenvalue weighted by Gasteiger charge is 2.51. The number of halogens is 4. The number of H-pyrrole nitrogens is 1. The molecule has 0 aromatic carbocycles. The van der Waals surface area contributed by atoms with E-state index < -0.39 is 66.1 Å². The van der Waals surface area contributed by atoms with E-state index in [1.54, 1.807) is 12.4 Å². The van der Waals surface area contributed by atoms with Crippen LogP contribution in [0.3, 0.4) is 0 Å². The number of alkyl halides is 4. The molecule has 64 heavy (non-hydrogen) atoms. The topological polar surface area (TPSA) is 165 Å².